The van der Waals surface area contributed by atoms with E-state index in [9.17, 15) is 26.8 Å². The fraction of sp³-hybridized carbons (Fsp3) is 0.481. The average Bonchev–Trinajstić information content (AvgIpc) is 3.37. The third kappa shape index (κ3) is 8.28. The highest BCUT2D eigenvalue weighted by Crippen LogP contribution is 2.28. The van der Waals surface area contributed by atoms with Crippen LogP contribution in [0, 0.1) is 11.6 Å². The first-order chi connectivity index (χ1) is 18.4. The van der Waals surface area contributed by atoms with Gasteiger partial charge in [-0.05, 0) is 49.9 Å². The van der Waals surface area contributed by atoms with Crippen molar-refractivity contribution >= 4 is 50.7 Å². The number of rotatable bonds is 12. The van der Waals surface area contributed by atoms with E-state index in [1.165, 1.54) is 4.90 Å². The van der Waals surface area contributed by atoms with E-state index < -0.39 is 33.6 Å². The molecule has 1 unspecified atom stereocenters. The molecule has 0 radical (unpaired) electrons. The standard InChI is InChI=1S/C27H33Cl2F2N3O4S/c1-3-25(27(36)32-18-8-4-5-9-18)33(17-20-21(28)10-6-11-22(20)29)26(35)12-7-15-34(39(2,37)38)19-13-14-23(30)24(31)16-19/h6,10-11,13-14,16,18,25H,3-5,7-9,12,15,17H2,1-2H3,(H,32,36). The Morgan fingerprint density at radius 3 is 2.28 bits per heavy atom. The third-order valence-corrected chi connectivity index (χ3v) is 8.72. The summed E-state index contributed by atoms with van der Waals surface area (Å²) in [7, 11) is -3.85. The molecule has 0 heterocycles. The van der Waals surface area contributed by atoms with Crippen LogP contribution in [0.15, 0.2) is 36.4 Å². The second-order valence-corrected chi connectivity index (χ2v) is 12.4. The van der Waals surface area contributed by atoms with Gasteiger partial charge in [-0.15, -0.1) is 0 Å². The summed E-state index contributed by atoms with van der Waals surface area (Å²) < 4.78 is 52.9. The molecular formula is C27H33Cl2F2N3O4S. The summed E-state index contributed by atoms with van der Waals surface area (Å²) in [5.41, 5.74) is 0.451. The minimum atomic E-state index is -3.85. The van der Waals surface area contributed by atoms with Crippen LogP contribution in [-0.4, -0.2) is 50.0 Å². The molecule has 0 aromatic heterocycles. The van der Waals surface area contributed by atoms with Crippen LogP contribution in [0.3, 0.4) is 0 Å². The smallest absolute Gasteiger partial charge is 0.243 e. The number of nitrogens with one attached hydrogen (secondary N) is 1. The van der Waals surface area contributed by atoms with E-state index in [4.69, 9.17) is 23.2 Å². The van der Waals surface area contributed by atoms with Crippen LogP contribution in [0.1, 0.15) is 57.4 Å². The summed E-state index contributed by atoms with van der Waals surface area (Å²) in [6.07, 6.45) is 5.10. The molecule has 2 amide bonds. The maximum atomic E-state index is 13.8. The van der Waals surface area contributed by atoms with Gasteiger partial charge >= 0.3 is 0 Å². The van der Waals surface area contributed by atoms with E-state index in [1.54, 1.807) is 18.2 Å². The molecule has 0 bridgehead atoms. The number of hydrogen-bond donors (Lipinski definition) is 1. The summed E-state index contributed by atoms with van der Waals surface area (Å²) in [5.74, 6) is -2.93. The van der Waals surface area contributed by atoms with Crippen LogP contribution in [0.2, 0.25) is 10.0 Å². The Bertz CT molecular complexity index is 1270. The van der Waals surface area contributed by atoms with Crippen LogP contribution in [0.25, 0.3) is 0 Å². The van der Waals surface area contributed by atoms with Crippen molar-refractivity contribution in [3.63, 3.8) is 0 Å². The number of carbonyl (C=O) groups is 2. The molecule has 1 fully saturated rings. The molecule has 1 saturated carbocycles. The van der Waals surface area contributed by atoms with E-state index in [1.807, 2.05) is 6.92 Å². The monoisotopic (exact) mass is 603 g/mol. The van der Waals surface area contributed by atoms with Gasteiger partial charge in [0.15, 0.2) is 11.6 Å². The van der Waals surface area contributed by atoms with E-state index in [-0.39, 0.29) is 43.6 Å². The first-order valence-corrected chi connectivity index (χ1v) is 15.5. The van der Waals surface area contributed by atoms with Crippen molar-refractivity contribution < 1.29 is 26.8 Å². The number of anilines is 1. The molecule has 7 nitrogen and oxygen atoms in total. The Kier molecular flexibility index (Phi) is 11.0. The highest BCUT2D eigenvalue weighted by atomic mass is 35.5. The summed E-state index contributed by atoms with van der Waals surface area (Å²) in [4.78, 5) is 28.3. The predicted molar refractivity (Wildman–Crippen MR) is 149 cm³/mol. The molecule has 214 valence electrons. The van der Waals surface area contributed by atoms with Crippen LogP contribution < -0.4 is 9.62 Å². The lowest BCUT2D eigenvalue weighted by molar-refractivity contribution is -0.141. The van der Waals surface area contributed by atoms with Gasteiger partial charge in [-0.25, -0.2) is 17.2 Å². The largest absolute Gasteiger partial charge is 0.352 e. The fourth-order valence-electron chi connectivity index (χ4n) is 4.78. The van der Waals surface area contributed by atoms with Crippen molar-refractivity contribution in [1.82, 2.24) is 10.2 Å². The molecule has 1 atom stereocenters. The summed E-state index contributed by atoms with van der Waals surface area (Å²) in [6.45, 7) is 1.65. The molecule has 0 saturated heterocycles. The van der Waals surface area contributed by atoms with Gasteiger partial charge in [0, 0.05) is 47.2 Å². The molecule has 1 aliphatic rings. The van der Waals surface area contributed by atoms with Crippen LogP contribution in [-0.2, 0) is 26.2 Å². The lowest BCUT2D eigenvalue weighted by atomic mass is 10.1. The second kappa shape index (κ2) is 13.8. The summed E-state index contributed by atoms with van der Waals surface area (Å²) >= 11 is 12.8. The molecule has 39 heavy (non-hydrogen) atoms. The van der Waals surface area contributed by atoms with Crippen LogP contribution in [0.5, 0.6) is 0 Å². The molecule has 3 rings (SSSR count). The van der Waals surface area contributed by atoms with Crippen LogP contribution in [0.4, 0.5) is 14.5 Å². The van der Waals surface area contributed by atoms with Crippen molar-refractivity contribution in [1.29, 1.82) is 0 Å². The van der Waals surface area contributed by atoms with Crippen molar-refractivity contribution in [2.75, 3.05) is 17.1 Å². The van der Waals surface area contributed by atoms with E-state index in [0.29, 0.717) is 22.0 Å². The zero-order valence-corrected chi connectivity index (χ0v) is 24.3. The van der Waals surface area contributed by atoms with Gasteiger partial charge in [-0.1, -0.05) is 49.0 Å². The maximum absolute atomic E-state index is 13.8. The fourth-order valence-corrected chi connectivity index (χ4v) is 6.26. The van der Waals surface area contributed by atoms with E-state index in [0.717, 1.165) is 54.4 Å². The molecular weight excluding hydrogens is 571 g/mol. The van der Waals surface area contributed by atoms with Crippen molar-refractivity contribution in [2.45, 2.75) is 70.5 Å². The average molecular weight is 605 g/mol. The zero-order chi connectivity index (χ0) is 28.7. The van der Waals surface area contributed by atoms with Crippen molar-refractivity contribution in [3.05, 3.63) is 63.6 Å². The van der Waals surface area contributed by atoms with E-state index >= 15 is 0 Å². The summed E-state index contributed by atoms with van der Waals surface area (Å²) in [5, 5.41) is 3.76. The van der Waals surface area contributed by atoms with Crippen molar-refractivity contribution in [3.8, 4) is 0 Å². The maximum Gasteiger partial charge on any atom is 0.243 e. The van der Waals surface area contributed by atoms with Gasteiger partial charge in [0.2, 0.25) is 21.8 Å². The highest BCUT2D eigenvalue weighted by Gasteiger charge is 2.31. The molecule has 1 aliphatic carbocycles. The van der Waals surface area contributed by atoms with Gasteiger partial charge in [0.1, 0.15) is 6.04 Å². The first kappa shape index (κ1) is 31.1. The lowest BCUT2D eigenvalue weighted by Gasteiger charge is -2.32. The van der Waals surface area contributed by atoms with Gasteiger partial charge in [0.25, 0.3) is 0 Å². The Hall–Kier alpha value is -2.43. The topological polar surface area (TPSA) is 86.8 Å². The minimum absolute atomic E-state index is 0.00705. The van der Waals surface area contributed by atoms with Gasteiger partial charge in [-0.3, -0.25) is 13.9 Å². The molecule has 2 aromatic rings. The second-order valence-electron chi connectivity index (χ2n) is 9.67. The Morgan fingerprint density at radius 1 is 1.08 bits per heavy atom. The first-order valence-electron chi connectivity index (χ1n) is 12.9. The van der Waals surface area contributed by atoms with Gasteiger partial charge in [-0.2, -0.15) is 0 Å². The Labute approximate surface area is 238 Å². The zero-order valence-electron chi connectivity index (χ0n) is 21.9. The SMILES string of the molecule is CCC(C(=O)NC1CCCC1)N(Cc1c(Cl)cccc1Cl)C(=O)CCCN(c1ccc(F)c(F)c1)S(C)(=O)=O. The van der Waals surface area contributed by atoms with Gasteiger partial charge in [0.05, 0.1) is 11.9 Å². The number of hydrogen-bond acceptors (Lipinski definition) is 4. The van der Waals surface area contributed by atoms with Crippen molar-refractivity contribution in [2.24, 2.45) is 0 Å². The highest BCUT2D eigenvalue weighted by molar-refractivity contribution is 7.92. The number of benzene rings is 2. The van der Waals surface area contributed by atoms with Crippen LogP contribution >= 0.6 is 23.2 Å². The predicted octanol–water partition coefficient (Wildman–Crippen LogP) is 5.68. The number of carbonyl (C=O) groups excluding carboxylic acids is 2. The third-order valence-electron chi connectivity index (χ3n) is 6.82. The van der Waals surface area contributed by atoms with E-state index in [2.05, 4.69) is 5.32 Å². The molecule has 2 aromatic carbocycles. The quantitative estimate of drug-likeness (QED) is 0.338. The molecule has 0 aliphatic heterocycles. The lowest BCUT2D eigenvalue weighted by Crippen LogP contribution is -2.51. The number of nitrogens with zero attached hydrogens (tertiary/aromatic N) is 2. The number of amides is 2. The normalized spacial score (nSPS) is 14.7. The van der Waals surface area contributed by atoms with Gasteiger partial charge < -0.3 is 10.2 Å². The number of sulfonamides is 1. The summed E-state index contributed by atoms with van der Waals surface area (Å²) in [6, 6.07) is 7.06. The number of halogens is 4. The Balaban J connectivity index is 1.81. The molecule has 1 N–H and O–H groups in total. The molecule has 0 spiro atoms. The Morgan fingerprint density at radius 2 is 1.72 bits per heavy atom. The molecule has 12 heteroatoms. The minimum Gasteiger partial charge on any atom is -0.352 e.